The average molecular weight is 637 g/mol. The van der Waals surface area contributed by atoms with Gasteiger partial charge in [0.1, 0.15) is 6.54 Å². The van der Waals surface area contributed by atoms with Crippen molar-refractivity contribution in [3.05, 3.63) is 41.7 Å². The van der Waals surface area contributed by atoms with Gasteiger partial charge in [0.05, 0.1) is 17.6 Å². The van der Waals surface area contributed by atoms with Crippen molar-refractivity contribution in [2.24, 2.45) is 10.4 Å². The fraction of sp³-hybridized carbons (Fsp3) is 0.622. The molecule has 1 atom stereocenters. The Morgan fingerprint density at radius 1 is 0.935 bits per heavy atom. The molecule has 0 saturated carbocycles. The number of hydrogen-bond acceptors (Lipinski definition) is 5. The number of aryl methyl sites for hydroxylation is 1. The summed E-state index contributed by atoms with van der Waals surface area (Å²) >= 11 is 0. The number of aliphatic imine (C=N–C) groups is 1. The summed E-state index contributed by atoms with van der Waals surface area (Å²) in [5.74, 6) is 0. The van der Waals surface area contributed by atoms with E-state index in [1.54, 1.807) is 4.57 Å². The Morgan fingerprint density at radius 2 is 1.72 bits per heavy atom. The summed E-state index contributed by atoms with van der Waals surface area (Å²) in [6.45, 7) is 15.7. The van der Waals surface area contributed by atoms with E-state index in [-0.39, 0.29) is 5.41 Å². The maximum absolute atomic E-state index is 14.5. The Morgan fingerprint density at radius 3 is 2.46 bits per heavy atom. The molecule has 3 aliphatic rings. The maximum Gasteiger partial charge on any atom is 0.406 e. The quantitative estimate of drug-likeness (QED) is 0.211. The van der Waals surface area contributed by atoms with Gasteiger partial charge >= 0.3 is 6.18 Å². The number of anilines is 2. The van der Waals surface area contributed by atoms with E-state index in [2.05, 4.69) is 59.3 Å². The lowest BCUT2D eigenvalue weighted by Gasteiger charge is -2.45. The highest BCUT2D eigenvalue weighted by Crippen LogP contribution is 2.43. The second-order valence-corrected chi connectivity index (χ2v) is 14.5. The van der Waals surface area contributed by atoms with Gasteiger partial charge in [-0.1, -0.05) is 27.2 Å². The first-order valence-electron chi connectivity index (χ1n) is 17.4. The summed E-state index contributed by atoms with van der Waals surface area (Å²) in [6.07, 6.45) is 6.87. The average Bonchev–Trinajstić information content (AvgIpc) is 3.33. The largest absolute Gasteiger partial charge is 0.406 e. The molecule has 2 aromatic heterocycles. The summed E-state index contributed by atoms with van der Waals surface area (Å²) in [7, 11) is 0. The Balaban J connectivity index is 1.53. The number of halogens is 3. The molecule has 1 unspecified atom stereocenters. The topological polar surface area (TPSA) is 39.9 Å². The fourth-order valence-corrected chi connectivity index (χ4v) is 8.07. The van der Waals surface area contributed by atoms with E-state index < -0.39 is 12.7 Å². The predicted molar refractivity (Wildman–Crippen MR) is 185 cm³/mol. The van der Waals surface area contributed by atoms with E-state index >= 15 is 0 Å². The first kappa shape index (κ1) is 32.9. The van der Waals surface area contributed by atoms with Crippen molar-refractivity contribution in [1.29, 1.82) is 0 Å². The van der Waals surface area contributed by atoms with E-state index in [4.69, 9.17) is 4.98 Å². The van der Waals surface area contributed by atoms with Gasteiger partial charge in [-0.2, -0.15) is 13.2 Å². The van der Waals surface area contributed by atoms with Crippen LogP contribution in [-0.4, -0.2) is 79.2 Å². The number of alkyl halides is 3. The second-order valence-electron chi connectivity index (χ2n) is 14.5. The van der Waals surface area contributed by atoms with Crippen molar-refractivity contribution < 1.29 is 13.2 Å². The number of nitrogens with zero attached hydrogens (tertiary/aromatic N) is 6. The first-order valence-corrected chi connectivity index (χ1v) is 17.4. The molecular weight excluding hydrogens is 585 g/mol. The smallest absolute Gasteiger partial charge is 0.372 e. The molecule has 1 aromatic carbocycles. The van der Waals surface area contributed by atoms with Crippen LogP contribution in [0.2, 0.25) is 0 Å². The lowest BCUT2D eigenvalue weighted by Crippen LogP contribution is -2.54. The van der Waals surface area contributed by atoms with Gasteiger partial charge in [-0.05, 0) is 99.9 Å². The third kappa shape index (κ3) is 7.09. The van der Waals surface area contributed by atoms with E-state index in [0.29, 0.717) is 36.6 Å². The molecule has 3 saturated heterocycles. The minimum absolute atomic E-state index is 0.191. The van der Waals surface area contributed by atoms with E-state index in [1.165, 1.54) is 25.7 Å². The van der Waals surface area contributed by atoms with Crippen molar-refractivity contribution in [2.45, 2.75) is 97.3 Å². The van der Waals surface area contributed by atoms with Gasteiger partial charge in [-0.25, -0.2) is 0 Å². The molecule has 0 aliphatic carbocycles. The van der Waals surface area contributed by atoms with Crippen LogP contribution in [0.1, 0.15) is 77.0 Å². The highest BCUT2D eigenvalue weighted by atomic mass is 19.4. The predicted octanol–water partition coefficient (Wildman–Crippen LogP) is 8.15. The van der Waals surface area contributed by atoms with Gasteiger partial charge in [-0.3, -0.25) is 9.88 Å². The lowest BCUT2D eigenvalue weighted by molar-refractivity contribution is -0.139. The molecule has 0 N–H and O–H groups in total. The monoisotopic (exact) mass is 636 g/mol. The van der Waals surface area contributed by atoms with Gasteiger partial charge in [0.25, 0.3) is 0 Å². The van der Waals surface area contributed by atoms with E-state index in [0.717, 1.165) is 92.1 Å². The molecule has 0 bridgehead atoms. The van der Waals surface area contributed by atoms with Crippen LogP contribution in [-0.2, 0) is 19.4 Å². The number of rotatable bonds is 10. The molecule has 0 amide bonds. The summed E-state index contributed by atoms with van der Waals surface area (Å²) in [6, 6.07) is 8.80. The standard InChI is InChI=1S/C37H51F3N6/c1-5-33-31(22-29(24-42-33)45-20-19-44-18-10-7-11-28(44)25-45)35-32(23-36(2,3)14-15-41-4)30-21-27(43-16-8-6-9-17-43)12-13-34(30)46(35)26-37(38,39)40/h12-13,21-22,24,28H,4-11,14-20,23,25-26H2,1-3H3. The third-order valence-corrected chi connectivity index (χ3v) is 10.6. The van der Waals surface area contributed by atoms with Crippen molar-refractivity contribution >= 4 is 29.0 Å². The molecule has 250 valence electrons. The number of benzene rings is 1. The molecule has 3 fully saturated rings. The molecule has 6 nitrogen and oxygen atoms in total. The molecule has 46 heavy (non-hydrogen) atoms. The molecule has 3 aliphatic heterocycles. The minimum atomic E-state index is -4.37. The molecule has 5 heterocycles. The molecule has 0 spiro atoms. The number of aromatic nitrogens is 2. The van der Waals surface area contributed by atoms with Gasteiger partial charge in [0.2, 0.25) is 0 Å². The van der Waals surface area contributed by atoms with Crippen molar-refractivity contribution in [2.75, 3.05) is 55.6 Å². The van der Waals surface area contributed by atoms with Gasteiger partial charge in [0.15, 0.2) is 0 Å². The molecule has 0 radical (unpaired) electrons. The van der Waals surface area contributed by atoms with Crippen LogP contribution in [0.3, 0.4) is 0 Å². The number of hydrogen-bond donors (Lipinski definition) is 0. The first-order chi connectivity index (χ1) is 22.1. The molecular formula is C37H51F3N6. The van der Waals surface area contributed by atoms with Crippen molar-refractivity contribution in [3.63, 3.8) is 0 Å². The van der Waals surface area contributed by atoms with Crippen LogP contribution >= 0.6 is 0 Å². The summed E-state index contributed by atoms with van der Waals surface area (Å²) in [4.78, 5) is 16.5. The van der Waals surface area contributed by atoms with Gasteiger partial charge < -0.3 is 19.4 Å². The zero-order chi connectivity index (χ0) is 32.5. The van der Waals surface area contributed by atoms with Crippen LogP contribution in [0.4, 0.5) is 24.5 Å². The summed E-state index contributed by atoms with van der Waals surface area (Å²) < 4.78 is 45.0. The van der Waals surface area contributed by atoms with Gasteiger partial charge in [-0.15, -0.1) is 0 Å². The summed E-state index contributed by atoms with van der Waals surface area (Å²) in [5.41, 5.74) is 5.89. The Bertz CT molecular complexity index is 1520. The number of piperidine rings is 2. The van der Waals surface area contributed by atoms with Gasteiger partial charge in [0, 0.05) is 73.2 Å². The normalized spacial score (nSPS) is 19.9. The van der Waals surface area contributed by atoms with E-state index in [1.807, 2.05) is 18.3 Å². The third-order valence-electron chi connectivity index (χ3n) is 10.6. The second kappa shape index (κ2) is 13.6. The van der Waals surface area contributed by atoms with Crippen molar-refractivity contribution in [1.82, 2.24) is 14.5 Å². The number of fused-ring (bicyclic) bond motifs is 2. The number of pyridine rings is 1. The van der Waals surface area contributed by atoms with Crippen molar-refractivity contribution in [3.8, 4) is 11.3 Å². The van der Waals surface area contributed by atoms with Crippen LogP contribution < -0.4 is 9.80 Å². The molecule has 9 heteroatoms. The Labute approximate surface area is 272 Å². The van der Waals surface area contributed by atoms with Crippen LogP contribution in [0.15, 0.2) is 35.5 Å². The Kier molecular flexibility index (Phi) is 9.70. The summed E-state index contributed by atoms with van der Waals surface area (Å²) in [5, 5.41) is 0.922. The lowest BCUT2D eigenvalue weighted by atomic mass is 9.81. The number of piperazine rings is 1. The fourth-order valence-electron chi connectivity index (χ4n) is 8.07. The van der Waals surface area contributed by atoms with Crippen LogP contribution in [0, 0.1) is 5.41 Å². The van der Waals surface area contributed by atoms with E-state index in [9.17, 15) is 13.2 Å². The minimum Gasteiger partial charge on any atom is -0.372 e. The Hall–Kier alpha value is -3.07. The zero-order valence-electron chi connectivity index (χ0n) is 28.0. The zero-order valence-corrected chi connectivity index (χ0v) is 28.0. The highest BCUT2D eigenvalue weighted by molar-refractivity contribution is 5.95. The molecule has 6 rings (SSSR count). The SMILES string of the molecule is C=NCCC(C)(C)Cc1c(-c2cc(N3CCN4CCCCC4C3)cnc2CC)n(CC(F)(F)F)c2ccc(N3CCCCC3)cc12. The van der Waals surface area contributed by atoms with Crippen LogP contribution in [0.25, 0.3) is 22.2 Å². The van der Waals surface area contributed by atoms with Crippen LogP contribution in [0.5, 0.6) is 0 Å². The maximum atomic E-state index is 14.5. The highest BCUT2D eigenvalue weighted by Gasteiger charge is 2.35. The molecule has 3 aromatic rings.